The zero-order valence-electron chi connectivity index (χ0n) is 21.6. The number of aryl methyl sites for hydroxylation is 1. The molecule has 0 bridgehead atoms. The Kier molecular flexibility index (Phi) is 7.98. The number of hydrogen-bond acceptors (Lipinski definition) is 6. The van der Waals surface area contributed by atoms with Gasteiger partial charge in [-0.25, -0.2) is 0 Å². The van der Waals surface area contributed by atoms with Gasteiger partial charge in [-0.15, -0.1) is 0 Å². The highest BCUT2D eigenvalue weighted by atomic mass is 16.5. The maximum atomic E-state index is 13.1. The van der Waals surface area contributed by atoms with Gasteiger partial charge >= 0.3 is 0 Å². The summed E-state index contributed by atoms with van der Waals surface area (Å²) < 4.78 is 5.58. The molecule has 0 saturated carbocycles. The summed E-state index contributed by atoms with van der Waals surface area (Å²) in [5, 5.41) is 4.17. The van der Waals surface area contributed by atoms with Crippen molar-refractivity contribution in [1.82, 2.24) is 24.8 Å². The SMILES string of the molecule is CCN(Cc1ccc(C(=O)N2CCN(C(C)c3nc(-c4ccc(C)cc4)no3)CC2)cc1)C(C)C. The van der Waals surface area contributed by atoms with E-state index in [0.29, 0.717) is 30.8 Å². The molecule has 3 aromatic rings. The Morgan fingerprint density at radius 2 is 1.66 bits per heavy atom. The lowest BCUT2D eigenvalue weighted by atomic mass is 10.1. The molecule has 4 rings (SSSR count). The van der Waals surface area contributed by atoms with Gasteiger partial charge in [0.1, 0.15) is 0 Å². The van der Waals surface area contributed by atoms with Crippen LogP contribution in [0.5, 0.6) is 0 Å². The second kappa shape index (κ2) is 11.1. The summed E-state index contributed by atoms with van der Waals surface area (Å²) in [6.07, 6.45) is 0. The summed E-state index contributed by atoms with van der Waals surface area (Å²) in [4.78, 5) is 24.4. The maximum Gasteiger partial charge on any atom is 0.253 e. The number of nitrogens with zero attached hydrogens (tertiary/aromatic N) is 5. The van der Waals surface area contributed by atoms with Gasteiger partial charge in [-0.05, 0) is 51.9 Å². The highest BCUT2D eigenvalue weighted by molar-refractivity contribution is 5.94. The van der Waals surface area contributed by atoms with E-state index in [1.54, 1.807) is 0 Å². The summed E-state index contributed by atoms with van der Waals surface area (Å²) >= 11 is 0. The van der Waals surface area contributed by atoms with E-state index in [-0.39, 0.29) is 11.9 Å². The standard InChI is InChI=1S/C28H37N5O2/c1-6-31(20(2)3)19-23-9-13-25(14-10-23)28(34)33-17-15-32(16-18-33)22(5)27-29-26(30-35-27)24-11-7-21(4)8-12-24/h7-14,20,22H,6,15-19H2,1-5H3. The van der Waals surface area contributed by atoms with Crippen LogP contribution in [-0.4, -0.2) is 69.5 Å². The molecule has 1 aliphatic heterocycles. The molecule has 7 nitrogen and oxygen atoms in total. The lowest BCUT2D eigenvalue weighted by Crippen LogP contribution is -2.49. The van der Waals surface area contributed by atoms with Gasteiger partial charge < -0.3 is 9.42 Å². The molecule has 1 saturated heterocycles. The Morgan fingerprint density at radius 1 is 1.00 bits per heavy atom. The van der Waals surface area contributed by atoms with Crippen LogP contribution in [0.15, 0.2) is 53.1 Å². The lowest BCUT2D eigenvalue weighted by Gasteiger charge is -2.36. The van der Waals surface area contributed by atoms with Crippen LogP contribution in [0, 0.1) is 6.92 Å². The van der Waals surface area contributed by atoms with Crippen molar-refractivity contribution in [3.8, 4) is 11.4 Å². The molecule has 0 N–H and O–H groups in total. The third-order valence-electron chi connectivity index (χ3n) is 6.98. The molecule has 1 unspecified atom stereocenters. The number of benzene rings is 2. The number of carbonyl (C=O) groups excluding carboxylic acids is 1. The second-order valence-corrected chi connectivity index (χ2v) is 9.68. The van der Waals surface area contributed by atoms with Crippen molar-refractivity contribution in [1.29, 1.82) is 0 Å². The average molecular weight is 476 g/mol. The van der Waals surface area contributed by atoms with E-state index in [4.69, 9.17) is 4.52 Å². The van der Waals surface area contributed by atoms with Crippen LogP contribution in [0.3, 0.4) is 0 Å². The van der Waals surface area contributed by atoms with Gasteiger partial charge in [0.15, 0.2) is 0 Å². The Hall–Kier alpha value is -3.03. The summed E-state index contributed by atoms with van der Waals surface area (Å²) in [6.45, 7) is 15.6. The van der Waals surface area contributed by atoms with Crippen LogP contribution in [0.25, 0.3) is 11.4 Å². The predicted octanol–water partition coefficient (Wildman–Crippen LogP) is 4.79. The fourth-order valence-corrected chi connectivity index (χ4v) is 4.52. The average Bonchev–Trinajstić information content (AvgIpc) is 3.37. The van der Waals surface area contributed by atoms with E-state index in [2.05, 4.69) is 66.7 Å². The van der Waals surface area contributed by atoms with E-state index in [1.165, 1.54) is 11.1 Å². The van der Waals surface area contributed by atoms with Gasteiger partial charge in [0, 0.05) is 49.9 Å². The molecule has 186 valence electrons. The van der Waals surface area contributed by atoms with Gasteiger partial charge in [0.25, 0.3) is 5.91 Å². The molecule has 2 aromatic carbocycles. The number of rotatable bonds is 8. The largest absolute Gasteiger partial charge is 0.337 e. The molecule has 0 aliphatic carbocycles. The molecule has 1 aromatic heterocycles. The van der Waals surface area contributed by atoms with E-state index < -0.39 is 0 Å². The van der Waals surface area contributed by atoms with Gasteiger partial charge in [0.05, 0.1) is 6.04 Å². The molecule has 1 fully saturated rings. The van der Waals surface area contributed by atoms with Crippen LogP contribution in [0.1, 0.15) is 61.1 Å². The van der Waals surface area contributed by atoms with Gasteiger partial charge in [-0.2, -0.15) is 4.98 Å². The first kappa shape index (κ1) is 25.1. The molecule has 0 radical (unpaired) electrons. The third-order valence-corrected chi connectivity index (χ3v) is 6.98. The Labute approximate surface area is 208 Å². The van der Waals surface area contributed by atoms with Crippen LogP contribution < -0.4 is 0 Å². The predicted molar refractivity (Wildman–Crippen MR) is 138 cm³/mol. The molecule has 1 atom stereocenters. The van der Waals surface area contributed by atoms with Crippen LogP contribution in [-0.2, 0) is 6.54 Å². The summed E-state index contributed by atoms with van der Waals surface area (Å²) in [5.74, 6) is 1.32. The first-order valence-electron chi connectivity index (χ1n) is 12.6. The lowest BCUT2D eigenvalue weighted by molar-refractivity contribution is 0.0551. The minimum Gasteiger partial charge on any atom is -0.337 e. The van der Waals surface area contributed by atoms with E-state index in [0.717, 1.165) is 37.3 Å². The van der Waals surface area contributed by atoms with Crippen LogP contribution in [0.2, 0.25) is 0 Å². The maximum absolute atomic E-state index is 13.1. The molecular weight excluding hydrogens is 438 g/mol. The van der Waals surface area contributed by atoms with Crippen molar-refractivity contribution in [2.75, 3.05) is 32.7 Å². The summed E-state index contributed by atoms with van der Waals surface area (Å²) in [7, 11) is 0. The Morgan fingerprint density at radius 3 is 2.26 bits per heavy atom. The van der Waals surface area contributed by atoms with E-state index in [1.807, 2.05) is 41.3 Å². The van der Waals surface area contributed by atoms with Crippen molar-refractivity contribution in [3.63, 3.8) is 0 Å². The smallest absolute Gasteiger partial charge is 0.253 e. The zero-order valence-corrected chi connectivity index (χ0v) is 21.6. The summed E-state index contributed by atoms with van der Waals surface area (Å²) in [6, 6.07) is 16.7. The molecule has 35 heavy (non-hydrogen) atoms. The van der Waals surface area contributed by atoms with Crippen LogP contribution in [0.4, 0.5) is 0 Å². The van der Waals surface area contributed by atoms with Gasteiger partial charge in [-0.1, -0.05) is 54.0 Å². The van der Waals surface area contributed by atoms with Gasteiger partial charge in [-0.3, -0.25) is 14.6 Å². The number of carbonyl (C=O) groups is 1. The van der Waals surface area contributed by atoms with Crippen LogP contribution >= 0.6 is 0 Å². The molecule has 1 amide bonds. The highest BCUT2D eigenvalue weighted by Gasteiger charge is 2.28. The first-order chi connectivity index (χ1) is 16.9. The van der Waals surface area contributed by atoms with E-state index in [9.17, 15) is 4.79 Å². The fraction of sp³-hybridized carbons (Fsp3) is 0.464. The normalized spacial score (nSPS) is 15.7. The Bertz CT molecular complexity index is 1100. The molecule has 2 heterocycles. The number of amides is 1. The minimum absolute atomic E-state index is 0.000651. The van der Waals surface area contributed by atoms with Gasteiger partial charge in [0.2, 0.25) is 11.7 Å². The van der Waals surface area contributed by atoms with Crippen molar-refractivity contribution in [3.05, 3.63) is 71.1 Å². The van der Waals surface area contributed by atoms with E-state index >= 15 is 0 Å². The first-order valence-corrected chi connectivity index (χ1v) is 12.6. The highest BCUT2D eigenvalue weighted by Crippen LogP contribution is 2.24. The van der Waals surface area contributed by atoms with Crippen molar-refractivity contribution in [2.45, 2.75) is 53.2 Å². The van der Waals surface area contributed by atoms with Crippen molar-refractivity contribution >= 4 is 5.91 Å². The molecule has 7 heteroatoms. The topological polar surface area (TPSA) is 65.7 Å². The number of hydrogen-bond donors (Lipinski definition) is 0. The monoisotopic (exact) mass is 475 g/mol. The zero-order chi connectivity index (χ0) is 24.9. The number of piperazine rings is 1. The molecule has 1 aliphatic rings. The second-order valence-electron chi connectivity index (χ2n) is 9.68. The Balaban J connectivity index is 1.32. The minimum atomic E-state index is 0.000651. The molecular formula is C28H37N5O2. The molecule has 0 spiro atoms. The third kappa shape index (κ3) is 5.97. The quantitative estimate of drug-likeness (QED) is 0.467. The summed E-state index contributed by atoms with van der Waals surface area (Å²) in [5.41, 5.74) is 4.14. The van der Waals surface area contributed by atoms with Crippen molar-refractivity contribution < 1.29 is 9.32 Å². The van der Waals surface area contributed by atoms with Crippen molar-refractivity contribution in [2.24, 2.45) is 0 Å². The fourth-order valence-electron chi connectivity index (χ4n) is 4.52. The number of aromatic nitrogens is 2.